The quantitative estimate of drug-likeness (QED) is 0.585. The molecule has 1 fully saturated rings. The molecule has 1 saturated heterocycles. The van der Waals surface area contributed by atoms with Gasteiger partial charge in [0, 0.05) is 43.3 Å². The van der Waals surface area contributed by atoms with Gasteiger partial charge in [0.05, 0.1) is 16.9 Å². The first-order valence-corrected chi connectivity index (χ1v) is 9.32. The van der Waals surface area contributed by atoms with Gasteiger partial charge in [-0.05, 0) is 31.2 Å². The van der Waals surface area contributed by atoms with Crippen molar-refractivity contribution in [2.24, 2.45) is 0 Å². The summed E-state index contributed by atoms with van der Waals surface area (Å²) < 4.78 is 44.0. The molecule has 2 heterocycles. The zero-order chi connectivity index (χ0) is 21.6. The first kappa shape index (κ1) is 22.6. The van der Waals surface area contributed by atoms with Gasteiger partial charge in [-0.1, -0.05) is 0 Å². The zero-order valence-electron chi connectivity index (χ0n) is 17.3. The first-order chi connectivity index (χ1) is 14.3. The summed E-state index contributed by atoms with van der Waals surface area (Å²) in [6, 6.07) is 5.30. The Hall–Kier alpha value is -3.04. The van der Waals surface area contributed by atoms with Crippen molar-refractivity contribution in [3.8, 4) is 5.69 Å². The Morgan fingerprint density at radius 3 is 2.52 bits per heavy atom. The minimum atomic E-state index is -1.53. The van der Waals surface area contributed by atoms with Crippen LogP contribution in [0.5, 0.6) is 0 Å². The predicted octanol–water partition coefficient (Wildman–Crippen LogP) is 0.0208. The Morgan fingerprint density at radius 1 is 1.16 bits per heavy atom. The molecule has 1 aliphatic heterocycles. The van der Waals surface area contributed by atoms with Crippen LogP contribution in [0.1, 0.15) is 18.7 Å². The van der Waals surface area contributed by atoms with Crippen LogP contribution < -0.4 is 28.1 Å². The monoisotopic (exact) mass is 453 g/mol. The van der Waals surface area contributed by atoms with Crippen molar-refractivity contribution >= 4 is 22.6 Å². The van der Waals surface area contributed by atoms with Crippen molar-refractivity contribution in [2.45, 2.75) is 13.0 Å². The molecule has 0 radical (unpaired) electrons. The lowest BCUT2D eigenvalue weighted by Gasteiger charge is -2.34. The molecule has 10 heteroatoms. The van der Waals surface area contributed by atoms with Crippen LogP contribution in [0, 0.1) is 17.5 Å². The highest BCUT2D eigenvalue weighted by Crippen LogP contribution is 2.28. The van der Waals surface area contributed by atoms with Gasteiger partial charge in [0.2, 0.25) is 5.43 Å². The van der Waals surface area contributed by atoms with E-state index in [1.807, 2.05) is 6.92 Å². The van der Waals surface area contributed by atoms with Gasteiger partial charge in [0.25, 0.3) is 0 Å². The Bertz CT molecular complexity index is 1240. The summed E-state index contributed by atoms with van der Waals surface area (Å²) in [6.07, 6.45) is 0.978. The molecule has 1 aromatic heterocycles. The van der Waals surface area contributed by atoms with E-state index >= 15 is 0 Å². The molecule has 2 N–H and O–H groups in total. The van der Waals surface area contributed by atoms with Gasteiger partial charge in [-0.2, -0.15) is 0 Å². The van der Waals surface area contributed by atoms with Crippen molar-refractivity contribution in [3.05, 3.63) is 69.8 Å². The number of aromatic nitrogens is 1. The average molecular weight is 454 g/mol. The van der Waals surface area contributed by atoms with Crippen LogP contribution in [0.2, 0.25) is 0 Å². The molecule has 1 aliphatic rings. The van der Waals surface area contributed by atoms with Gasteiger partial charge >= 0.3 is 7.40 Å². The van der Waals surface area contributed by atoms with Gasteiger partial charge in [0.15, 0.2) is 0 Å². The van der Waals surface area contributed by atoms with E-state index in [-0.39, 0.29) is 42.2 Å². The largest absolute Gasteiger partial charge is 1.00 e. The summed E-state index contributed by atoms with van der Waals surface area (Å²) in [5.41, 5.74) is -1.34. The molecular weight excluding hydrogens is 435 g/mol. The highest BCUT2D eigenvalue weighted by molar-refractivity contribution is 5.94. The highest BCUT2D eigenvalue weighted by atomic mass is 35.5. The molecule has 0 spiro atoms. The highest BCUT2D eigenvalue weighted by Gasteiger charge is 2.23. The number of carboxylic acids is 1. The second-order valence-corrected chi connectivity index (χ2v) is 7.26. The number of anilines is 1. The predicted molar refractivity (Wildman–Crippen MR) is 107 cm³/mol. The summed E-state index contributed by atoms with van der Waals surface area (Å²) in [4.78, 5) is 26.0. The Kier molecular flexibility index (Phi) is 6.28. The number of carbonyl (C=O) groups is 1. The molecule has 3 aromatic rings. The fourth-order valence-electron chi connectivity index (χ4n) is 3.76. The van der Waals surface area contributed by atoms with Crippen molar-refractivity contribution in [1.29, 1.82) is 0 Å². The summed E-state index contributed by atoms with van der Waals surface area (Å²) in [5, 5.41) is 12.4. The lowest BCUT2D eigenvalue weighted by atomic mass is 10.1. The number of pyridine rings is 1. The maximum Gasteiger partial charge on any atom is 1.00 e. The van der Waals surface area contributed by atoms with Gasteiger partial charge in [-0.3, -0.25) is 4.79 Å². The smallest absolute Gasteiger partial charge is 1.00 e. The van der Waals surface area contributed by atoms with Crippen molar-refractivity contribution in [3.63, 3.8) is 0 Å². The number of nitrogens with one attached hydrogen (secondary N) is 1. The number of carboxylic acid groups (broad SMARTS) is 1. The van der Waals surface area contributed by atoms with Crippen LogP contribution >= 0.6 is 0 Å². The number of piperazine rings is 1. The topological polar surface area (TPSA) is 74.6 Å². The van der Waals surface area contributed by atoms with Crippen LogP contribution in [-0.2, 0) is 0 Å². The molecule has 0 amide bonds. The van der Waals surface area contributed by atoms with E-state index in [0.29, 0.717) is 25.7 Å². The number of benzene rings is 2. The second-order valence-electron chi connectivity index (χ2n) is 7.26. The van der Waals surface area contributed by atoms with Crippen LogP contribution in [0.3, 0.4) is 0 Å². The maximum absolute atomic E-state index is 14.9. The van der Waals surface area contributed by atoms with E-state index in [0.717, 1.165) is 29.0 Å². The van der Waals surface area contributed by atoms with Crippen molar-refractivity contribution < 1.29 is 36.9 Å². The van der Waals surface area contributed by atoms with Gasteiger partial charge in [0.1, 0.15) is 23.0 Å². The van der Waals surface area contributed by atoms with E-state index in [2.05, 4.69) is 5.32 Å². The molecule has 1 unspecified atom stereocenters. The fraction of sp³-hybridized carbons (Fsp3) is 0.238. The van der Waals surface area contributed by atoms with Crippen LogP contribution in [0.4, 0.5) is 18.9 Å². The average Bonchev–Trinajstić information content (AvgIpc) is 2.68. The second kappa shape index (κ2) is 8.60. The minimum Gasteiger partial charge on any atom is -1.00 e. The SMILES string of the molecule is CC1CN(c2cc3c(cc2F)c(=O)c(C(=O)O)cn3-c2ccc(F)cc2F)CCN1.[Cl-].[H+]. The van der Waals surface area contributed by atoms with E-state index in [9.17, 15) is 27.9 Å². The van der Waals surface area contributed by atoms with E-state index in [1.54, 1.807) is 4.90 Å². The van der Waals surface area contributed by atoms with E-state index < -0.39 is 34.4 Å². The fourth-order valence-corrected chi connectivity index (χ4v) is 3.76. The molecule has 164 valence electrons. The van der Waals surface area contributed by atoms with Crippen LogP contribution in [0.15, 0.2) is 41.3 Å². The molecular formula is C21H19ClF3N3O3. The summed E-state index contributed by atoms with van der Waals surface area (Å²) >= 11 is 0. The summed E-state index contributed by atoms with van der Waals surface area (Å²) in [7, 11) is 0. The Morgan fingerprint density at radius 2 is 1.87 bits per heavy atom. The van der Waals surface area contributed by atoms with Gasteiger partial charge in [-0.15, -0.1) is 0 Å². The molecule has 0 aliphatic carbocycles. The molecule has 4 rings (SSSR count). The number of halogens is 4. The number of nitrogens with zero attached hydrogens (tertiary/aromatic N) is 2. The summed E-state index contributed by atoms with van der Waals surface area (Å²) in [6.45, 7) is 3.63. The van der Waals surface area contributed by atoms with Crippen molar-refractivity contribution in [1.82, 2.24) is 9.88 Å². The Labute approximate surface area is 182 Å². The molecule has 2 aromatic carbocycles. The maximum atomic E-state index is 14.9. The van der Waals surface area contributed by atoms with Crippen molar-refractivity contribution in [2.75, 3.05) is 24.5 Å². The number of hydrogen-bond acceptors (Lipinski definition) is 4. The lowest BCUT2D eigenvalue weighted by molar-refractivity contribution is -0.0000235. The third-order valence-electron chi connectivity index (χ3n) is 5.18. The minimum absolute atomic E-state index is 0. The van der Waals surface area contributed by atoms with Crippen LogP contribution in [0.25, 0.3) is 16.6 Å². The Balaban J connectivity index is 0.00000181. The molecule has 1 atom stereocenters. The normalized spacial score (nSPS) is 16.3. The number of fused-ring (bicyclic) bond motifs is 1. The molecule has 31 heavy (non-hydrogen) atoms. The number of rotatable bonds is 3. The zero-order valence-corrected chi connectivity index (χ0v) is 17.1. The standard InChI is InChI=1S/C21H18F3N3O3.ClH/c1-11-9-26(5-4-25-11)19-8-18-13(7-16(19)24)20(28)14(21(29)30)10-27(18)17-3-2-12(22)6-15(17)23;/h2-3,6-8,10-11,25H,4-5,9H2,1H3,(H,29,30);1H. The summed E-state index contributed by atoms with van der Waals surface area (Å²) in [5.74, 6) is -3.96. The third kappa shape index (κ3) is 4.11. The van der Waals surface area contributed by atoms with Gasteiger partial charge < -0.3 is 32.3 Å². The molecule has 0 saturated carbocycles. The third-order valence-corrected chi connectivity index (χ3v) is 5.18. The first-order valence-electron chi connectivity index (χ1n) is 9.32. The van der Waals surface area contributed by atoms with Crippen LogP contribution in [-0.4, -0.2) is 41.3 Å². The number of hydrogen-bond donors (Lipinski definition) is 2. The lowest BCUT2D eigenvalue weighted by Crippen LogP contribution is -3.00. The van der Waals surface area contributed by atoms with E-state index in [4.69, 9.17) is 0 Å². The van der Waals surface area contributed by atoms with E-state index in [1.165, 1.54) is 6.07 Å². The molecule has 0 bridgehead atoms. The number of aromatic carboxylic acids is 1. The molecule has 6 nitrogen and oxygen atoms in total. The van der Waals surface area contributed by atoms with Gasteiger partial charge in [-0.25, -0.2) is 18.0 Å².